The van der Waals surface area contributed by atoms with Crippen LogP contribution in [0.4, 0.5) is 13.2 Å². The number of hydrogen-bond acceptors (Lipinski definition) is 5. The molecule has 0 heterocycles. The largest absolute Gasteiger partial charge is 0.534 e. The molecule has 0 bridgehead atoms. The number of esters is 1. The van der Waals surface area contributed by atoms with Crippen LogP contribution >= 0.6 is 0 Å². The van der Waals surface area contributed by atoms with E-state index in [-0.39, 0.29) is 35.1 Å². The zero-order chi connectivity index (χ0) is 22.8. The molecular formula is C22H29F3O5S. The Labute approximate surface area is 181 Å². The van der Waals surface area contributed by atoms with E-state index in [2.05, 4.69) is 17.2 Å². The van der Waals surface area contributed by atoms with Crippen LogP contribution in [0, 0.1) is 28.6 Å². The van der Waals surface area contributed by atoms with E-state index in [9.17, 15) is 26.4 Å². The number of alkyl halides is 3. The van der Waals surface area contributed by atoms with Crippen molar-refractivity contribution < 1.29 is 35.3 Å². The summed E-state index contributed by atoms with van der Waals surface area (Å²) >= 11 is 0. The van der Waals surface area contributed by atoms with Crippen molar-refractivity contribution in [3.63, 3.8) is 0 Å². The molecule has 0 radical (unpaired) electrons. The molecule has 174 valence electrons. The monoisotopic (exact) mass is 462 g/mol. The average molecular weight is 463 g/mol. The Bertz CT molecular complexity index is 937. The first-order chi connectivity index (χ1) is 14.3. The number of ether oxygens (including phenoxy) is 1. The molecule has 0 aromatic rings. The lowest BCUT2D eigenvalue weighted by molar-refractivity contribution is -0.148. The average Bonchev–Trinajstić information content (AvgIpc) is 2.96. The number of carbonyl (C=O) groups excluding carboxylic acids is 1. The van der Waals surface area contributed by atoms with Crippen molar-refractivity contribution in [3.05, 3.63) is 23.5 Å². The lowest BCUT2D eigenvalue weighted by Gasteiger charge is -2.57. The summed E-state index contributed by atoms with van der Waals surface area (Å²) in [6, 6.07) is 0. The predicted molar refractivity (Wildman–Crippen MR) is 107 cm³/mol. The summed E-state index contributed by atoms with van der Waals surface area (Å²) in [4.78, 5) is 11.4. The van der Waals surface area contributed by atoms with Gasteiger partial charge in [0.25, 0.3) is 0 Å². The Kier molecular flexibility index (Phi) is 5.30. The minimum absolute atomic E-state index is 0.0252. The molecule has 0 aromatic carbocycles. The fourth-order valence-corrected chi connectivity index (χ4v) is 7.37. The summed E-state index contributed by atoms with van der Waals surface area (Å²) < 4.78 is 71.9. The number of carbonyl (C=O) groups is 1. The Morgan fingerprint density at radius 2 is 1.74 bits per heavy atom. The molecule has 31 heavy (non-hydrogen) atoms. The van der Waals surface area contributed by atoms with Gasteiger partial charge in [0, 0.05) is 18.8 Å². The van der Waals surface area contributed by atoms with Gasteiger partial charge in [-0.25, -0.2) is 0 Å². The first-order valence-electron chi connectivity index (χ1n) is 10.9. The molecule has 4 aliphatic carbocycles. The highest BCUT2D eigenvalue weighted by molar-refractivity contribution is 7.87. The van der Waals surface area contributed by atoms with E-state index in [1.54, 1.807) is 6.08 Å². The van der Waals surface area contributed by atoms with Gasteiger partial charge < -0.3 is 8.92 Å². The van der Waals surface area contributed by atoms with Gasteiger partial charge in [-0.2, -0.15) is 21.6 Å². The van der Waals surface area contributed by atoms with E-state index in [1.807, 2.05) is 6.92 Å². The smallest absolute Gasteiger partial charge is 0.462 e. The fraction of sp³-hybridized carbons (Fsp3) is 0.773. The van der Waals surface area contributed by atoms with Crippen molar-refractivity contribution in [2.75, 3.05) is 0 Å². The minimum Gasteiger partial charge on any atom is -0.462 e. The molecular weight excluding hydrogens is 433 g/mol. The number of hydrogen-bond donors (Lipinski definition) is 0. The normalized spacial score (nSPS) is 40.1. The SMILES string of the molecule is CC(=O)O[C@H]1CC[C@@]2(C)C(=CC[C@H]3C4CC=C(OS(=O)(=O)C(F)(F)F)[C@@]4(C)CC[C@@H]32)C1. The van der Waals surface area contributed by atoms with Crippen molar-refractivity contribution in [3.8, 4) is 0 Å². The summed E-state index contributed by atoms with van der Waals surface area (Å²) in [5.74, 6) is 0.353. The van der Waals surface area contributed by atoms with Crippen molar-refractivity contribution in [2.45, 2.75) is 77.3 Å². The van der Waals surface area contributed by atoms with Gasteiger partial charge in [0.2, 0.25) is 0 Å². The topological polar surface area (TPSA) is 69.7 Å². The van der Waals surface area contributed by atoms with Crippen molar-refractivity contribution in [2.24, 2.45) is 28.6 Å². The van der Waals surface area contributed by atoms with E-state index in [0.29, 0.717) is 18.8 Å². The van der Waals surface area contributed by atoms with Crippen molar-refractivity contribution in [1.82, 2.24) is 0 Å². The van der Waals surface area contributed by atoms with Crippen molar-refractivity contribution >= 4 is 16.1 Å². The summed E-state index contributed by atoms with van der Waals surface area (Å²) in [5.41, 5.74) is -4.86. The second-order valence-electron chi connectivity index (χ2n) is 9.98. The van der Waals surface area contributed by atoms with E-state index < -0.39 is 21.0 Å². The van der Waals surface area contributed by atoms with Crippen molar-refractivity contribution in [1.29, 1.82) is 0 Å². The molecule has 0 N–H and O–H groups in total. The lowest BCUT2D eigenvalue weighted by atomic mass is 9.48. The zero-order valence-electron chi connectivity index (χ0n) is 18.0. The third-order valence-electron chi connectivity index (χ3n) is 8.38. The Morgan fingerprint density at radius 1 is 1.06 bits per heavy atom. The van der Waals surface area contributed by atoms with E-state index in [4.69, 9.17) is 4.74 Å². The maximum atomic E-state index is 12.9. The fourth-order valence-electron chi connectivity index (χ4n) is 6.79. The molecule has 0 aromatic heterocycles. The molecule has 4 rings (SSSR count). The van der Waals surface area contributed by atoms with Gasteiger partial charge in [-0.3, -0.25) is 4.79 Å². The third kappa shape index (κ3) is 3.60. The Balaban J connectivity index is 1.55. The zero-order valence-corrected chi connectivity index (χ0v) is 18.8. The summed E-state index contributed by atoms with van der Waals surface area (Å²) in [5, 5.41) is 0. The molecule has 1 unspecified atom stereocenters. The number of rotatable bonds is 3. The molecule has 9 heteroatoms. The molecule has 2 fully saturated rings. The minimum atomic E-state index is -5.67. The molecule has 5 nitrogen and oxygen atoms in total. The second kappa shape index (κ2) is 7.25. The van der Waals surface area contributed by atoms with Gasteiger partial charge in [-0.15, -0.1) is 0 Å². The van der Waals surface area contributed by atoms with Crippen LogP contribution in [0.2, 0.25) is 0 Å². The van der Waals surface area contributed by atoms with E-state index in [0.717, 1.165) is 32.1 Å². The van der Waals surface area contributed by atoms with Crippen LogP contribution in [0.25, 0.3) is 0 Å². The van der Waals surface area contributed by atoms with Crippen LogP contribution in [0.1, 0.15) is 65.7 Å². The molecule has 6 atom stereocenters. The Hall–Kier alpha value is -1.51. The predicted octanol–water partition coefficient (Wildman–Crippen LogP) is 5.24. The molecule has 0 amide bonds. The van der Waals surface area contributed by atoms with Crippen LogP contribution < -0.4 is 0 Å². The molecule has 0 spiro atoms. The highest BCUT2D eigenvalue weighted by Crippen LogP contribution is 2.65. The molecule has 4 aliphatic rings. The van der Waals surface area contributed by atoms with Crippen LogP contribution in [0.15, 0.2) is 23.5 Å². The molecule has 0 aliphatic heterocycles. The van der Waals surface area contributed by atoms with E-state index >= 15 is 0 Å². The maximum absolute atomic E-state index is 12.9. The maximum Gasteiger partial charge on any atom is 0.534 e. The third-order valence-corrected chi connectivity index (χ3v) is 9.35. The number of allylic oxidation sites excluding steroid dienone is 3. The summed E-state index contributed by atoms with van der Waals surface area (Å²) in [7, 11) is -5.67. The lowest BCUT2D eigenvalue weighted by Crippen LogP contribution is -2.50. The summed E-state index contributed by atoms with van der Waals surface area (Å²) in [6.07, 6.45) is 8.84. The quantitative estimate of drug-likeness (QED) is 0.248. The number of halogens is 3. The highest BCUT2D eigenvalue weighted by atomic mass is 32.2. The van der Waals surface area contributed by atoms with Crippen LogP contribution in [-0.4, -0.2) is 26.0 Å². The highest BCUT2D eigenvalue weighted by Gasteiger charge is 2.59. The second-order valence-corrected chi connectivity index (χ2v) is 11.5. The van der Waals surface area contributed by atoms with Gasteiger partial charge in [-0.05, 0) is 67.8 Å². The first-order valence-corrected chi connectivity index (χ1v) is 12.3. The van der Waals surface area contributed by atoms with Gasteiger partial charge in [-0.1, -0.05) is 25.5 Å². The standard InChI is InChI=1S/C22H29F3O5S/c1-13(26)29-15-8-10-20(2)14(12-15)4-5-16-17-6-7-19(21(17,3)11-9-18(16)20)30-31(27,28)22(23,24)25/h4,7,15-18H,5-6,8-12H2,1-3H3/t15-,16-,17?,18-,20-,21-/m0/s1. The molecule has 2 saturated carbocycles. The first kappa shape index (κ1) is 22.7. The van der Waals surface area contributed by atoms with Gasteiger partial charge in [0.1, 0.15) is 11.9 Å². The van der Waals surface area contributed by atoms with Gasteiger partial charge >= 0.3 is 21.6 Å². The van der Waals surface area contributed by atoms with Gasteiger partial charge in [0.05, 0.1) is 0 Å². The van der Waals surface area contributed by atoms with Gasteiger partial charge in [0.15, 0.2) is 0 Å². The van der Waals surface area contributed by atoms with E-state index in [1.165, 1.54) is 12.5 Å². The van der Waals surface area contributed by atoms with Crippen LogP contribution in [0.3, 0.4) is 0 Å². The summed E-state index contributed by atoms with van der Waals surface area (Å²) in [6.45, 7) is 5.53. The van der Waals surface area contributed by atoms with Crippen LogP contribution in [-0.2, 0) is 23.8 Å². The Morgan fingerprint density at radius 3 is 2.39 bits per heavy atom. The van der Waals surface area contributed by atoms with Crippen LogP contribution in [0.5, 0.6) is 0 Å². The molecule has 0 saturated heterocycles. The number of fused-ring (bicyclic) bond motifs is 5.